The van der Waals surface area contributed by atoms with Crippen molar-refractivity contribution < 1.29 is 27.8 Å². The Morgan fingerprint density at radius 2 is 1.85 bits per heavy atom. The number of carbonyl (C=O) groups excluding carboxylic acids is 2. The second kappa shape index (κ2) is 14.4. The van der Waals surface area contributed by atoms with E-state index in [1.807, 2.05) is 33.3 Å². The number of amides is 2. The van der Waals surface area contributed by atoms with Crippen molar-refractivity contribution in [3.8, 4) is 17.0 Å². The molecule has 1 atom stereocenters. The van der Waals surface area contributed by atoms with E-state index in [4.69, 9.17) is 10.5 Å². The number of halogens is 3. The number of hydrogen-bond acceptors (Lipinski definition) is 8. The van der Waals surface area contributed by atoms with Gasteiger partial charge in [-0.05, 0) is 67.8 Å². The van der Waals surface area contributed by atoms with Crippen LogP contribution in [0.5, 0.6) is 5.75 Å². The van der Waals surface area contributed by atoms with Crippen molar-refractivity contribution in [2.75, 3.05) is 44.6 Å². The highest BCUT2D eigenvalue weighted by atomic mass is 35.5. The third-order valence-electron chi connectivity index (χ3n) is 8.37. The Kier molecular flexibility index (Phi) is 10.3. The molecule has 2 aromatic carbocycles. The maximum Gasteiger partial charge on any atom is 0.387 e. The standard InChI is InChI=1S/C32H35F2N7O4.ClH/c1-20-16-23(38-28-29-37-18-27(41(29)13-10-36-28)21-2-5-24(6-3-21)45-32(33)34)4-7-26(20)31(43)39-11-8-22(9-12-39)30(42)40-14-15-44-25(17-35)19-40;/h2-7,10,13,16,18,22,25,32H,8-9,11-12,14-15,17,19,35H2,1H3,(H,36,38);1H. The summed E-state index contributed by atoms with van der Waals surface area (Å²) in [5.41, 5.74) is 10.00. The number of piperidine rings is 1. The Labute approximate surface area is 271 Å². The number of ether oxygens (including phenoxy) is 2. The monoisotopic (exact) mass is 655 g/mol. The first-order valence-electron chi connectivity index (χ1n) is 15.0. The lowest BCUT2D eigenvalue weighted by molar-refractivity contribution is -0.144. The van der Waals surface area contributed by atoms with E-state index in [2.05, 4.69) is 20.0 Å². The molecule has 11 nitrogen and oxygen atoms in total. The Bertz CT molecular complexity index is 1680. The molecule has 0 radical (unpaired) electrons. The average molecular weight is 656 g/mol. The minimum absolute atomic E-state index is 0. The molecule has 2 amide bonds. The number of nitrogens with one attached hydrogen (secondary N) is 1. The first-order chi connectivity index (χ1) is 21.8. The van der Waals surface area contributed by atoms with Gasteiger partial charge in [0.25, 0.3) is 5.91 Å². The third kappa shape index (κ3) is 7.06. The fourth-order valence-electron chi connectivity index (χ4n) is 5.97. The van der Waals surface area contributed by atoms with Crippen LogP contribution in [0, 0.1) is 12.8 Å². The molecule has 0 saturated carbocycles. The van der Waals surface area contributed by atoms with Gasteiger partial charge >= 0.3 is 6.61 Å². The zero-order valence-electron chi connectivity index (χ0n) is 25.3. The summed E-state index contributed by atoms with van der Waals surface area (Å²) in [6.07, 6.45) is 6.24. The van der Waals surface area contributed by atoms with Gasteiger partial charge in [-0.3, -0.25) is 14.0 Å². The molecule has 1 unspecified atom stereocenters. The van der Waals surface area contributed by atoms with Crippen LogP contribution >= 0.6 is 12.4 Å². The second-order valence-corrected chi connectivity index (χ2v) is 11.2. The number of alkyl halides is 2. The molecule has 4 heterocycles. The zero-order chi connectivity index (χ0) is 31.5. The minimum atomic E-state index is -2.89. The number of morpholine rings is 1. The van der Waals surface area contributed by atoms with Gasteiger partial charge in [-0.25, -0.2) is 9.97 Å². The van der Waals surface area contributed by atoms with E-state index in [-0.39, 0.29) is 42.0 Å². The van der Waals surface area contributed by atoms with E-state index in [0.29, 0.717) is 69.2 Å². The Morgan fingerprint density at radius 1 is 1.09 bits per heavy atom. The molecule has 244 valence electrons. The number of rotatable bonds is 8. The Morgan fingerprint density at radius 3 is 2.54 bits per heavy atom. The lowest BCUT2D eigenvalue weighted by atomic mass is 9.94. The summed E-state index contributed by atoms with van der Waals surface area (Å²) >= 11 is 0. The van der Waals surface area contributed by atoms with Crippen LogP contribution in [0.3, 0.4) is 0 Å². The highest BCUT2D eigenvalue weighted by Gasteiger charge is 2.33. The first-order valence-corrected chi connectivity index (χ1v) is 15.0. The van der Waals surface area contributed by atoms with E-state index >= 15 is 0 Å². The molecule has 46 heavy (non-hydrogen) atoms. The van der Waals surface area contributed by atoms with Gasteiger partial charge in [-0.2, -0.15) is 8.78 Å². The number of aromatic nitrogens is 3. The number of nitrogens with two attached hydrogens (primary N) is 1. The summed E-state index contributed by atoms with van der Waals surface area (Å²) in [6, 6.07) is 11.9. The number of likely N-dealkylation sites (tertiary alicyclic amines) is 1. The topological polar surface area (TPSA) is 127 Å². The summed E-state index contributed by atoms with van der Waals surface area (Å²) < 4.78 is 36.9. The van der Waals surface area contributed by atoms with Crippen molar-refractivity contribution in [3.63, 3.8) is 0 Å². The average Bonchev–Trinajstić information content (AvgIpc) is 3.50. The molecule has 2 fully saturated rings. The number of benzene rings is 2. The van der Waals surface area contributed by atoms with Crippen molar-refractivity contribution in [2.45, 2.75) is 32.5 Å². The van der Waals surface area contributed by atoms with E-state index < -0.39 is 6.61 Å². The first kappa shape index (κ1) is 33.0. The maximum absolute atomic E-state index is 13.4. The van der Waals surface area contributed by atoms with Gasteiger partial charge in [0.1, 0.15) is 5.75 Å². The smallest absolute Gasteiger partial charge is 0.387 e. The van der Waals surface area contributed by atoms with Crippen LogP contribution < -0.4 is 15.8 Å². The van der Waals surface area contributed by atoms with Crippen molar-refractivity contribution in [1.29, 1.82) is 0 Å². The van der Waals surface area contributed by atoms with Crippen LogP contribution in [0.1, 0.15) is 28.8 Å². The van der Waals surface area contributed by atoms with Crippen LogP contribution in [-0.2, 0) is 9.53 Å². The molecular weight excluding hydrogens is 620 g/mol. The van der Waals surface area contributed by atoms with Gasteiger partial charge in [-0.15, -0.1) is 12.4 Å². The fourth-order valence-corrected chi connectivity index (χ4v) is 5.97. The van der Waals surface area contributed by atoms with Crippen molar-refractivity contribution in [1.82, 2.24) is 24.2 Å². The van der Waals surface area contributed by atoms with Gasteiger partial charge in [-0.1, -0.05) is 0 Å². The van der Waals surface area contributed by atoms with Crippen LogP contribution in [0.4, 0.5) is 20.3 Å². The summed E-state index contributed by atoms with van der Waals surface area (Å²) in [7, 11) is 0. The third-order valence-corrected chi connectivity index (χ3v) is 8.37. The molecule has 0 spiro atoms. The number of carbonyl (C=O) groups is 2. The molecule has 3 N–H and O–H groups in total. The number of anilines is 2. The van der Waals surface area contributed by atoms with E-state index in [9.17, 15) is 18.4 Å². The summed E-state index contributed by atoms with van der Waals surface area (Å²) in [6.45, 7) is 2.05. The Hall–Kier alpha value is -4.33. The quantitative estimate of drug-likeness (QED) is 0.284. The predicted octanol–water partition coefficient (Wildman–Crippen LogP) is 4.51. The van der Waals surface area contributed by atoms with Gasteiger partial charge in [0.05, 0.1) is 24.6 Å². The lowest BCUT2D eigenvalue weighted by Crippen LogP contribution is -2.51. The molecule has 2 aliphatic rings. The molecule has 0 aliphatic carbocycles. The number of aryl methyl sites for hydroxylation is 1. The number of hydrogen-bond donors (Lipinski definition) is 2. The van der Waals surface area contributed by atoms with Gasteiger partial charge in [0, 0.05) is 67.8 Å². The van der Waals surface area contributed by atoms with Crippen molar-refractivity contribution in [3.05, 3.63) is 72.2 Å². The molecular formula is C32H36ClF2N7O4. The normalized spacial score (nSPS) is 17.2. The van der Waals surface area contributed by atoms with Crippen LogP contribution in [0.15, 0.2) is 61.1 Å². The highest BCUT2D eigenvalue weighted by Crippen LogP contribution is 2.29. The van der Waals surface area contributed by atoms with Crippen LogP contribution in [-0.4, -0.2) is 88.0 Å². The largest absolute Gasteiger partial charge is 0.435 e. The summed E-state index contributed by atoms with van der Waals surface area (Å²) in [5.74, 6) is 0.567. The highest BCUT2D eigenvalue weighted by molar-refractivity contribution is 5.96. The van der Waals surface area contributed by atoms with Gasteiger partial charge in [0.15, 0.2) is 11.5 Å². The maximum atomic E-state index is 13.4. The second-order valence-electron chi connectivity index (χ2n) is 11.2. The number of fused-ring (bicyclic) bond motifs is 1. The fraction of sp³-hybridized carbons (Fsp3) is 0.375. The van der Waals surface area contributed by atoms with Crippen LogP contribution in [0.25, 0.3) is 16.9 Å². The molecule has 2 aromatic heterocycles. The molecule has 0 bridgehead atoms. The molecule has 2 saturated heterocycles. The summed E-state index contributed by atoms with van der Waals surface area (Å²) in [4.78, 5) is 39.2. The van der Waals surface area contributed by atoms with Gasteiger partial charge in [0.2, 0.25) is 5.91 Å². The molecule has 2 aliphatic heterocycles. The number of imidazole rings is 1. The minimum Gasteiger partial charge on any atom is -0.435 e. The predicted molar refractivity (Wildman–Crippen MR) is 171 cm³/mol. The number of nitrogens with zero attached hydrogens (tertiary/aromatic N) is 5. The van der Waals surface area contributed by atoms with E-state index in [1.54, 1.807) is 36.8 Å². The molecule has 4 aromatic rings. The van der Waals surface area contributed by atoms with Gasteiger partial charge < -0.3 is 30.3 Å². The lowest BCUT2D eigenvalue weighted by Gasteiger charge is -2.37. The van der Waals surface area contributed by atoms with E-state index in [0.717, 1.165) is 22.5 Å². The Balaban J connectivity index is 0.00000417. The van der Waals surface area contributed by atoms with Crippen molar-refractivity contribution in [2.24, 2.45) is 11.7 Å². The SMILES string of the molecule is Cc1cc(Nc2nccn3c(-c4ccc(OC(F)F)cc4)cnc23)ccc1C(=O)N1CCC(C(=O)N2CCOC(CN)C2)CC1.Cl. The molecule has 6 rings (SSSR count). The van der Waals surface area contributed by atoms with E-state index in [1.165, 1.54) is 12.1 Å². The van der Waals surface area contributed by atoms with Crippen LogP contribution in [0.2, 0.25) is 0 Å². The molecule has 14 heteroatoms. The summed E-state index contributed by atoms with van der Waals surface area (Å²) in [5, 5.41) is 3.30. The van der Waals surface area contributed by atoms with Crippen molar-refractivity contribution >= 4 is 41.4 Å². The zero-order valence-corrected chi connectivity index (χ0v) is 26.1.